The number of nitrogens with one attached hydrogen (secondary N) is 2. The number of para-hydroxylation sites is 1. The summed E-state index contributed by atoms with van der Waals surface area (Å²) < 4.78 is 6.70. The lowest BCUT2D eigenvalue weighted by Gasteiger charge is -2.16. The molecule has 204 valence electrons. The topological polar surface area (TPSA) is 63.2 Å². The normalized spacial score (nSPS) is 12.9. The van der Waals surface area contributed by atoms with Crippen LogP contribution in [-0.2, 0) is 6.42 Å². The first-order valence-corrected chi connectivity index (χ1v) is 13.8. The summed E-state index contributed by atoms with van der Waals surface area (Å²) >= 11 is 0. The Labute approximate surface area is 238 Å². The summed E-state index contributed by atoms with van der Waals surface area (Å²) in [4.78, 5) is 0. The van der Waals surface area contributed by atoms with E-state index in [0.717, 1.165) is 68.6 Å². The number of aryl methyl sites for hydroxylation is 1. The summed E-state index contributed by atoms with van der Waals surface area (Å²) in [7, 11) is 1.91. The fraction of sp³-hybridized carbons (Fsp3) is 0.167. The average Bonchev–Trinajstić information content (AvgIpc) is 3.36. The maximum Gasteiger partial charge on any atom is 0.144 e. The smallest absolute Gasteiger partial charge is 0.144 e. The Kier molecular flexibility index (Phi) is 9.84. The summed E-state index contributed by atoms with van der Waals surface area (Å²) in [5, 5.41) is 9.20. The number of rotatable bonds is 12. The standard InChI is InChI=1S/C36H39N3O/c1-5-7-8-11-22-33(27-18-13-12-17-26(27)3)39-34-24-23-29-28-20-15-21-30(32(38-4)16-6-2)35(28)40-36(29)31(34)19-10-9-14-25-37/h6,8-18,20-25,38-39H,2,5,7,19,37H2,1,3-4H3/b10-9-,11-8-,25-14-,32-16-,33-22-. The average molecular weight is 530 g/mol. The Balaban J connectivity index is 1.92. The molecule has 0 unspecified atom stereocenters. The molecule has 0 aliphatic rings. The highest BCUT2D eigenvalue weighted by Gasteiger charge is 2.18. The van der Waals surface area contributed by atoms with Crippen LogP contribution in [0.5, 0.6) is 0 Å². The first-order chi connectivity index (χ1) is 19.6. The molecule has 4 nitrogen and oxygen atoms in total. The Morgan fingerprint density at radius 2 is 1.68 bits per heavy atom. The monoisotopic (exact) mass is 529 g/mol. The Hall–Kier alpha value is -4.70. The summed E-state index contributed by atoms with van der Waals surface area (Å²) in [5.41, 5.74) is 14.8. The maximum absolute atomic E-state index is 6.70. The molecule has 0 radical (unpaired) electrons. The van der Waals surface area contributed by atoms with Crippen molar-refractivity contribution in [1.82, 2.24) is 5.32 Å². The van der Waals surface area contributed by atoms with E-state index in [1.54, 1.807) is 6.08 Å². The molecule has 0 atom stereocenters. The second-order valence-electron chi connectivity index (χ2n) is 9.57. The van der Waals surface area contributed by atoms with Gasteiger partial charge in [-0.2, -0.15) is 0 Å². The minimum atomic E-state index is 0.674. The molecular formula is C36H39N3O. The van der Waals surface area contributed by atoms with E-state index in [1.807, 2.05) is 25.3 Å². The van der Waals surface area contributed by atoms with E-state index >= 15 is 0 Å². The minimum absolute atomic E-state index is 0.674. The van der Waals surface area contributed by atoms with Gasteiger partial charge in [-0.05, 0) is 68.0 Å². The second-order valence-corrected chi connectivity index (χ2v) is 9.57. The van der Waals surface area contributed by atoms with Gasteiger partial charge in [-0.1, -0.05) is 86.7 Å². The van der Waals surface area contributed by atoms with Gasteiger partial charge in [0.2, 0.25) is 0 Å². The first-order valence-electron chi connectivity index (χ1n) is 13.8. The number of furan rings is 1. The van der Waals surface area contributed by atoms with Crippen molar-refractivity contribution in [2.45, 2.75) is 33.1 Å². The molecule has 0 saturated carbocycles. The zero-order valence-corrected chi connectivity index (χ0v) is 23.7. The van der Waals surface area contributed by atoms with Crippen LogP contribution in [0.25, 0.3) is 33.3 Å². The van der Waals surface area contributed by atoms with Gasteiger partial charge in [0.15, 0.2) is 0 Å². The number of allylic oxidation sites excluding steroid dienone is 8. The van der Waals surface area contributed by atoms with Gasteiger partial charge >= 0.3 is 0 Å². The molecule has 0 amide bonds. The van der Waals surface area contributed by atoms with Crippen molar-refractivity contribution in [3.8, 4) is 0 Å². The molecule has 4 N–H and O–H groups in total. The molecule has 3 aromatic carbocycles. The van der Waals surface area contributed by atoms with Gasteiger partial charge in [0.1, 0.15) is 11.2 Å². The third-order valence-electron chi connectivity index (χ3n) is 6.85. The van der Waals surface area contributed by atoms with E-state index in [0.29, 0.717) is 6.42 Å². The molecular weight excluding hydrogens is 490 g/mol. The van der Waals surface area contributed by atoms with Crippen LogP contribution in [0, 0.1) is 6.92 Å². The Morgan fingerprint density at radius 1 is 0.875 bits per heavy atom. The number of nitrogens with two attached hydrogens (primary N) is 1. The molecule has 0 aliphatic carbocycles. The predicted octanol–water partition coefficient (Wildman–Crippen LogP) is 9.02. The third kappa shape index (κ3) is 6.29. The number of hydrogen-bond acceptors (Lipinski definition) is 4. The van der Waals surface area contributed by atoms with Crippen molar-refractivity contribution in [1.29, 1.82) is 0 Å². The minimum Gasteiger partial charge on any atom is -0.455 e. The van der Waals surface area contributed by atoms with Crippen LogP contribution in [-0.4, -0.2) is 7.05 Å². The molecule has 0 fully saturated rings. The highest BCUT2D eigenvalue weighted by atomic mass is 16.3. The number of benzene rings is 3. The van der Waals surface area contributed by atoms with E-state index in [9.17, 15) is 0 Å². The predicted molar refractivity (Wildman–Crippen MR) is 174 cm³/mol. The summed E-state index contributed by atoms with van der Waals surface area (Å²) in [5.74, 6) is 0. The van der Waals surface area contributed by atoms with Gasteiger partial charge in [0.25, 0.3) is 0 Å². The molecule has 4 rings (SSSR count). The number of hydrogen-bond donors (Lipinski definition) is 3. The van der Waals surface area contributed by atoms with Gasteiger partial charge in [0, 0.05) is 51.6 Å². The van der Waals surface area contributed by atoms with Crippen LogP contribution in [0.1, 0.15) is 42.0 Å². The van der Waals surface area contributed by atoms with Crippen LogP contribution in [0.15, 0.2) is 120 Å². The molecule has 0 spiro atoms. The molecule has 40 heavy (non-hydrogen) atoms. The van der Waals surface area contributed by atoms with Crippen LogP contribution in [0.3, 0.4) is 0 Å². The van der Waals surface area contributed by atoms with Crippen molar-refractivity contribution in [3.63, 3.8) is 0 Å². The van der Waals surface area contributed by atoms with Crippen molar-refractivity contribution >= 4 is 39.0 Å². The van der Waals surface area contributed by atoms with Crippen molar-refractivity contribution in [2.24, 2.45) is 5.73 Å². The van der Waals surface area contributed by atoms with Crippen LogP contribution in [0.4, 0.5) is 5.69 Å². The zero-order valence-electron chi connectivity index (χ0n) is 23.7. The van der Waals surface area contributed by atoms with E-state index in [-0.39, 0.29) is 0 Å². The zero-order chi connectivity index (χ0) is 28.3. The summed E-state index contributed by atoms with van der Waals surface area (Å²) in [6.45, 7) is 8.21. The molecule has 0 saturated heterocycles. The fourth-order valence-electron chi connectivity index (χ4n) is 4.85. The van der Waals surface area contributed by atoms with E-state index < -0.39 is 0 Å². The van der Waals surface area contributed by atoms with Gasteiger partial charge in [-0.15, -0.1) is 0 Å². The largest absolute Gasteiger partial charge is 0.455 e. The van der Waals surface area contributed by atoms with Gasteiger partial charge in [0.05, 0.1) is 0 Å². The van der Waals surface area contributed by atoms with Gasteiger partial charge < -0.3 is 20.8 Å². The molecule has 0 aliphatic heterocycles. The van der Waals surface area contributed by atoms with Crippen molar-refractivity contribution < 1.29 is 4.42 Å². The first kappa shape index (κ1) is 28.3. The van der Waals surface area contributed by atoms with Crippen LogP contribution >= 0.6 is 0 Å². The SMILES string of the molecule is C=C/C=C(\NC)c1cccc2c1oc1c(C/C=C\C=C/N)c(N/C(=C\C=C/CCC)c3ccccc3C)ccc12. The Morgan fingerprint density at radius 3 is 2.42 bits per heavy atom. The van der Waals surface area contributed by atoms with E-state index in [1.165, 1.54) is 11.8 Å². The summed E-state index contributed by atoms with van der Waals surface area (Å²) in [6.07, 6.45) is 20.5. The number of fused-ring (bicyclic) bond motifs is 3. The molecule has 1 aromatic heterocycles. The molecule has 4 aromatic rings. The molecule has 1 heterocycles. The Bertz CT molecular complexity index is 1630. The molecule has 0 bridgehead atoms. The number of anilines is 1. The highest BCUT2D eigenvalue weighted by Crippen LogP contribution is 2.38. The number of unbranched alkanes of at least 4 members (excludes halogenated alkanes) is 1. The fourth-order valence-corrected chi connectivity index (χ4v) is 4.85. The van der Waals surface area contributed by atoms with Crippen LogP contribution < -0.4 is 16.4 Å². The van der Waals surface area contributed by atoms with Gasteiger partial charge in [-0.3, -0.25) is 0 Å². The second kappa shape index (κ2) is 13.9. The van der Waals surface area contributed by atoms with Crippen molar-refractivity contribution in [2.75, 3.05) is 12.4 Å². The quantitative estimate of drug-likeness (QED) is 0.160. The lowest BCUT2D eigenvalue weighted by Crippen LogP contribution is -2.04. The van der Waals surface area contributed by atoms with E-state index in [2.05, 4.69) is 110 Å². The lowest BCUT2D eigenvalue weighted by molar-refractivity contribution is 0.663. The summed E-state index contributed by atoms with van der Waals surface area (Å²) in [6, 6.07) is 19.0. The maximum atomic E-state index is 6.70. The third-order valence-corrected chi connectivity index (χ3v) is 6.85. The highest BCUT2D eigenvalue weighted by molar-refractivity contribution is 6.10. The molecule has 4 heteroatoms. The van der Waals surface area contributed by atoms with Gasteiger partial charge in [-0.25, -0.2) is 0 Å². The van der Waals surface area contributed by atoms with E-state index in [4.69, 9.17) is 10.2 Å². The lowest BCUT2D eigenvalue weighted by atomic mass is 10.0. The van der Waals surface area contributed by atoms with Crippen LogP contribution in [0.2, 0.25) is 0 Å². The van der Waals surface area contributed by atoms with Crippen molar-refractivity contribution in [3.05, 3.63) is 138 Å².